The van der Waals surface area contributed by atoms with Gasteiger partial charge in [0.1, 0.15) is 0 Å². The molecule has 27 heavy (non-hydrogen) atoms. The number of hydrogen-bond acceptors (Lipinski definition) is 3. The number of carboxylic acid groups (broad SMARTS) is 1. The average molecular weight is 366 g/mol. The summed E-state index contributed by atoms with van der Waals surface area (Å²) in [6.45, 7) is 0.962. The maximum Gasteiger partial charge on any atom is 0.330 e. The van der Waals surface area contributed by atoms with Crippen molar-refractivity contribution < 1.29 is 19.5 Å². The summed E-state index contributed by atoms with van der Waals surface area (Å²) in [5.74, 6) is -1.71. The van der Waals surface area contributed by atoms with Gasteiger partial charge in [0.15, 0.2) is 6.04 Å². The minimum atomic E-state index is -1.09. The van der Waals surface area contributed by atoms with Crippen LogP contribution in [0.2, 0.25) is 0 Å². The molecule has 0 unspecified atom stereocenters. The van der Waals surface area contributed by atoms with Crippen LogP contribution in [0.25, 0.3) is 0 Å². The molecule has 1 fully saturated rings. The van der Waals surface area contributed by atoms with Gasteiger partial charge in [-0.1, -0.05) is 48.5 Å². The molecule has 1 saturated heterocycles. The zero-order chi connectivity index (χ0) is 19.2. The minimum absolute atomic E-state index is 0.0397. The first kappa shape index (κ1) is 18.6. The van der Waals surface area contributed by atoms with Gasteiger partial charge in [-0.25, -0.2) is 4.79 Å². The van der Waals surface area contributed by atoms with E-state index in [-0.39, 0.29) is 17.7 Å². The third-order valence-corrected chi connectivity index (χ3v) is 4.84. The van der Waals surface area contributed by atoms with Crippen LogP contribution in [0.15, 0.2) is 60.7 Å². The van der Waals surface area contributed by atoms with E-state index in [1.807, 2.05) is 18.2 Å². The molecule has 1 heterocycles. The highest BCUT2D eigenvalue weighted by atomic mass is 16.4. The number of likely N-dealkylation sites (tertiary alicyclic amines) is 1. The molecule has 1 atom stereocenters. The van der Waals surface area contributed by atoms with E-state index < -0.39 is 12.0 Å². The van der Waals surface area contributed by atoms with Gasteiger partial charge in [0.05, 0.1) is 0 Å². The predicted octanol–water partition coefficient (Wildman–Crippen LogP) is 2.48. The molecule has 3 rings (SSSR count). The number of nitrogens with zero attached hydrogens (tertiary/aromatic N) is 1. The van der Waals surface area contributed by atoms with Crippen molar-refractivity contribution in [2.45, 2.75) is 18.9 Å². The third kappa shape index (κ3) is 4.53. The standard InChI is InChI=1S/C21H22N2O4/c24-19(22-18(21(26)27)15-7-3-1-4-8-15)16-11-13-23(14-12-16)20(25)17-9-5-2-6-10-17/h1-10,16,18H,11-14H2,(H,22,24)(H,26,27)/t18-/m1/s1. The first-order chi connectivity index (χ1) is 13.1. The summed E-state index contributed by atoms with van der Waals surface area (Å²) in [5.41, 5.74) is 1.17. The Morgan fingerprint density at radius 1 is 0.926 bits per heavy atom. The number of benzene rings is 2. The number of aliphatic carboxylic acids is 1. The lowest BCUT2D eigenvalue weighted by atomic mass is 9.94. The monoisotopic (exact) mass is 366 g/mol. The van der Waals surface area contributed by atoms with E-state index in [9.17, 15) is 19.5 Å². The third-order valence-electron chi connectivity index (χ3n) is 4.84. The molecule has 140 valence electrons. The Morgan fingerprint density at radius 2 is 1.48 bits per heavy atom. The fourth-order valence-electron chi connectivity index (χ4n) is 3.30. The SMILES string of the molecule is O=C(N[C@@H](C(=O)O)c1ccccc1)C1CCN(C(=O)c2ccccc2)CC1. The van der Waals surface area contributed by atoms with Crippen molar-refractivity contribution in [2.24, 2.45) is 5.92 Å². The lowest BCUT2D eigenvalue weighted by Gasteiger charge is -2.32. The number of carbonyl (C=O) groups excluding carboxylic acids is 2. The van der Waals surface area contributed by atoms with Crippen molar-refractivity contribution in [3.8, 4) is 0 Å². The van der Waals surface area contributed by atoms with Crippen LogP contribution < -0.4 is 5.32 Å². The second kappa shape index (κ2) is 8.49. The highest BCUT2D eigenvalue weighted by Crippen LogP contribution is 2.21. The molecular weight excluding hydrogens is 344 g/mol. The van der Waals surface area contributed by atoms with Crippen molar-refractivity contribution in [3.05, 3.63) is 71.8 Å². The molecule has 1 aliphatic heterocycles. The molecule has 2 aromatic carbocycles. The largest absolute Gasteiger partial charge is 0.479 e. The number of amides is 2. The summed E-state index contributed by atoms with van der Waals surface area (Å²) in [6, 6.07) is 16.6. The van der Waals surface area contributed by atoms with E-state index in [0.717, 1.165) is 0 Å². The van der Waals surface area contributed by atoms with Crippen molar-refractivity contribution in [1.29, 1.82) is 0 Å². The van der Waals surface area contributed by atoms with Crippen molar-refractivity contribution >= 4 is 17.8 Å². The molecule has 0 spiro atoms. The lowest BCUT2D eigenvalue weighted by molar-refractivity contribution is -0.143. The van der Waals surface area contributed by atoms with Gasteiger partial charge in [-0.05, 0) is 30.5 Å². The maximum atomic E-state index is 12.6. The van der Waals surface area contributed by atoms with Gasteiger partial charge < -0.3 is 15.3 Å². The summed E-state index contributed by atoms with van der Waals surface area (Å²) in [4.78, 5) is 38.3. The van der Waals surface area contributed by atoms with Crippen LogP contribution in [0, 0.1) is 5.92 Å². The molecule has 0 saturated carbocycles. The van der Waals surface area contributed by atoms with Crippen LogP contribution >= 0.6 is 0 Å². The highest BCUT2D eigenvalue weighted by molar-refractivity contribution is 5.94. The second-order valence-corrected chi connectivity index (χ2v) is 6.62. The molecule has 0 bridgehead atoms. The highest BCUT2D eigenvalue weighted by Gasteiger charge is 2.30. The molecule has 6 heteroatoms. The molecule has 1 aliphatic rings. The number of piperidine rings is 1. The van der Waals surface area contributed by atoms with E-state index in [1.54, 1.807) is 47.4 Å². The molecule has 2 amide bonds. The maximum absolute atomic E-state index is 12.6. The van der Waals surface area contributed by atoms with Crippen molar-refractivity contribution in [1.82, 2.24) is 10.2 Å². The van der Waals surface area contributed by atoms with Gasteiger partial charge in [-0.3, -0.25) is 9.59 Å². The summed E-state index contributed by atoms with van der Waals surface area (Å²) in [7, 11) is 0. The first-order valence-corrected chi connectivity index (χ1v) is 8.98. The van der Waals surface area contributed by atoms with Crippen LogP contribution in [0.1, 0.15) is 34.8 Å². The fourth-order valence-corrected chi connectivity index (χ4v) is 3.30. The average Bonchev–Trinajstić information content (AvgIpc) is 2.72. The van der Waals surface area contributed by atoms with Gasteiger partial charge in [0.2, 0.25) is 5.91 Å². The quantitative estimate of drug-likeness (QED) is 0.851. The Hall–Kier alpha value is -3.15. The number of hydrogen-bond donors (Lipinski definition) is 2. The Morgan fingerprint density at radius 3 is 2.04 bits per heavy atom. The number of carbonyl (C=O) groups is 3. The number of carboxylic acids is 1. The van der Waals surface area contributed by atoms with E-state index in [0.29, 0.717) is 37.1 Å². The number of nitrogens with one attached hydrogen (secondary N) is 1. The Bertz CT molecular complexity index is 799. The van der Waals surface area contributed by atoms with E-state index in [4.69, 9.17) is 0 Å². The van der Waals surface area contributed by atoms with Gasteiger partial charge in [0.25, 0.3) is 5.91 Å². The van der Waals surface area contributed by atoms with Crippen LogP contribution in [-0.2, 0) is 9.59 Å². The Balaban J connectivity index is 1.58. The molecule has 2 N–H and O–H groups in total. The minimum Gasteiger partial charge on any atom is -0.479 e. The molecule has 6 nitrogen and oxygen atoms in total. The van der Waals surface area contributed by atoms with Crippen molar-refractivity contribution in [2.75, 3.05) is 13.1 Å². The zero-order valence-corrected chi connectivity index (χ0v) is 14.9. The number of rotatable bonds is 5. The first-order valence-electron chi connectivity index (χ1n) is 8.98. The topological polar surface area (TPSA) is 86.7 Å². The summed E-state index contributed by atoms with van der Waals surface area (Å²) in [5, 5.41) is 12.1. The van der Waals surface area contributed by atoms with Crippen LogP contribution in [-0.4, -0.2) is 40.9 Å². The molecule has 0 radical (unpaired) electrons. The normalized spacial score (nSPS) is 15.8. The summed E-state index contributed by atoms with van der Waals surface area (Å²) < 4.78 is 0. The smallest absolute Gasteiger partial charge is 0.330 e. The van der Waals surface area contributed by atoms with Gasteiger partial charge in [0, 0.05) is 24.6 Å². The van der Waals surface area contributed by atoms with E-state index in [2.05, 4.69) is 5.32 Å². The molecule has 0 aliphatic carbocycles. The Labute approximate surface area is 157 Å². The van der Waals surface area contributed by atoms with Crippen LogP contribution in [0.3, 0.4) is 0 Å². The summed E-state index contributed by atoms with van der Waals surface area (Å²) in [6.07, 6.45) is 1.04. The molecular formula is C21H22N2O4. The van der Waals surface area contributed by atoms with Crippen LogP contribution in [0.4, 0.5) is 0 Å². The second-order valence-electron chi connectivity index (χ2n) is 6.62. The lowest BCUT2D eigenvalue weighted by Crippen LogP contribution is -2.44. The van der Waals surface area contributed by atoms with E-state index in [1.165, 1.54) is 0 Å². The van der Waals surface area contributed by atoms with Gasteiger partial charge in [-0.2, -0.15) is 0 Å². The van der Waals surface area contributed by atoms with Crippen molar-refractivity contribution in [3.63, 3.8) is 0 Å². The van der Waals surface area contributed by atoms with Gasteiger partial charge >= 0.3 is 5.97 Å². The Kier molecular flexibility index (Phi) is 5.86. The molecule has 2 aromatic rings. The fraction of sp³-hybridized carbons (Fsp3) is 0.286. The van der Waals surface area contributed by atoms with E-state index >= 15 is 0 Å². The predicted molar refractivity (Wildman–Crippen MR) is 100 cm³/mol. The molecule has 0 aromatic heterocycles. The van der Waals surface area contributed by atoms with Gasteiger partial charge in [-0.15, -0.1) is 0 Å². The zero-order valence-electron chi connectivity index (χ0n) is 14.9. The van der Waals surface area contributed by atoms with Crippen LogP contribution in [0.5, 0.6) is 0 Å². The summed E-state index contributed by atoms with van der Waals surface area (Å²) >= 11 is 0.